The zero-order valence-corrected chi connectivity index (χ0v) is 16.8. The average molecular weight is 378 g/mol. The first-order chi connectivity index (χ1) is 13.5. The van der Waals surface area contributed by atoms with Crippen molar-refractivity contribution in [3.8, 4) is 0 Å². The molecule has 1 aliphatic carbocycles. The summed E-state index contributed by atoms with van der Waals surface area (Å²) in [6, 6.07) is 10.3. The first-order valence-corrected chi connectivity index (χ1v) is 10.1. The third kappa shape index (κ3) is 2.68. The summed E-state index contributed by atoms with van der Waals surface area (Å²) in [6.07, 6.45) is 6.09. The number of likely N-dealkylation sites (N-methyl/N-ethyl adjacent to an activating group) is 1. The quantitative estimate of drug-likeness (QED) is 0.694. The van der Waals surface area contributed by atoms with Crippen molar-refractivity contribution in [3.05, 3.63) is 65.2 Å². The fraction of sp³-hybridized carbons (Fsp3) is 0.435. The molecule has 3 heterocycles. The van der Waals surface area contributed by atoms with Gasteiger partial charge in [-0.25, -0.2) is 9.37 Å². The Morgan fingerprint density at radius 1 is 1.14 bits per heavy atom. The van der Waals surface area contributed by atoms with Crippen molar-refractivity contribution < 1.29 is 4.39 Å². The number of benzene rings is 1. The predicted molar refractivity (Wildman–Crippen MR) is 110 cm³/mol. The Morgan fingerprint density at radius 2 is 2.00 bits per heavy atom. The highest BCUT2D eigenvalue weighted by Gasteiger charge is 2.42. The lowest BCUT2D eigenvalue weighted by Crippen LogP contribution is -2.35. The van der Waals surface area contributed by atoms with E-state index in [0.717, 1.165) is 37.1 Å². The number of aromatic nitrogens is 2. The fourth-order valence-electron chi connectivity index (χ4n) is 5.41. The van der Waals surface area contributed by atoms with Gasteiger partial charge in [0.15, 0.2) is 0 Å². The second-order valence-corrected chi connectivity index (χ2v) is 8.53. The normalized spacial score (nSPS) is 25.1. The van der Waals surface area contributed by atoms with Crippen molar-refractivity contribution in [2.45, 2.75) is 30.8 Å². The lowest BCUT2D eigenvalue weighted by molar-refractivity contribution is 0.213. The first-order valence-electron chi connectivity index (χ1n) is 10.1. The first kappa shape index (κ1) is 17.8. The summed E-state index contributed by atoms with van der Waals surface area (Å²) >= 11 is 0. The maximum absolute atomic E-state index is 14.6. The maximum atomic E-state index is 14.6. The van der Waals surface area contributed by atoms with Gasteiger partial charge in [-0.05, 0) is 56.3 Å². The minimum absolute atomic E-state index is 0.0424. The van der Waals surface area contributed by atoms with Gasteiger partial charge < -0.3 is 9.47 Å². The predicted octanol–water partition coefficient (Wildman–Crippen LogP) is 3.73. The lowest BCUT2D eigenvalue weighted by Gasteiger charge is -2.26. The van der Waals surface area contributed by atoms with Crippen LogP contribution in [0.25, 0.3) is 11.0 Å². The molecule has 1 fully saturated rings. The van der Waals surface area contributed by atoms with Gasteiger partial charge in [-0.15, -0.1) is 0 Å². The Bertz CT molecular complexity index is 1020. The minimum Gasteiger partial charge on any atom is -0.335 e. The molecule has 0 radical (unpaired) electrons. The molecule has 0 amide bonds. The molecule has 5 rings (SSSR count). The number of hydrogen-bond acceptors (Lipinski definition) is 3. The van der Waals surface area contributed by atoms with Crippen molar-refractivity contribution in [2.75, 3.05) is 27.2 Å². The Balaban J connectivity index is 1.52. The van der Waals surface area contributed by atoms with Gasteiger partial charge in [0.1, 0.15) is 11.5 Å². The summed E-state index contributed by atoms with van der Waals surface area (Å²) < 4.78 is 16.8. The molecule has 2 aromatic heterocycles. The molecule has 2 aliphatic rings. The Kier molecular flexibility index (Phi) is 4.25. The van der Waals surface area contributed by atoms with Crippen molar-refractivity contribution in [1.29, 1.82) is 0 Å². The topological polar surface area (TPSA) is 24.3 Å². The molecule has 0 bridgehead atoms. The highest BCUT2D eigenvalue weighted by Crippen LogP contribution is 2.43. The summed E-state index contributed by atoms with van der Waals surface area (Å²) in [5.74, 6) is 0.345. The fourth-order valence-corrected chi connectivity index (χ4v) is 5.41. The molecule has 4 nitrogen and oxygen atoms in total. The SMILES string of the molecule is CN(C)[C@H]1CN(C2CCc3cccc(F)c32)C[C@@H]1c1cn(C)c2ncccc12. The number of rotatable bonds is 3. The van der Waals surface area contributed by atoms with Crippen molar-refractivity contribution in [2.24, 2.45) is 7.05 Å². The second kappa shape index (κ2) is 6.68. The molecule has 0 N–H and O–H groups in total. The molecule has 1 aliphatic heterocycles. The monoisotopic (exact) mass is 378 g/mol. The third-order valence-corrected chi connectivity index (χ3v) is 6.75. The van der Waals surface area contributed by atoms with Crippen LogP contribution >= 0.6 is 0 Å². The number of likely N-dealkylation sites (tertiary alicyclic amines) is 1. The van der Waals surface area contributed by atoms with Gasteiger partial charge in [0, 0.05) is 61.5 Å². The number of halogens is 1. The van der Waals surface area contributed by atoms with E-state index in [1.165, 1.54) is 16.5 Å². The zero-order valence-electron chi connectivity index (χ0n) is 16.8. The van der Waals surface area contributed by atoms with Crippen LogP contribution in [-0.4, -0.2) is 52.6 Å². The van der Waals surface area contributed by atoms with Crippen molar-refractivity contribution in [1.82, 2.24) is 19.4 Å². The van der Waals surface area contributed by atoms with Crippen LogP contribution in [0.3, 0.4) is 0 Å². The Morgan fingerprint density at radius 3 is 2.82 bits per heavy atom. The van der Waals surface area contributed by atoms with Crippen molar-refractivity contribution >= 4 is 11.0 Å². The minimum atomic E-state index is -0.0424. The van der Waals surface area contributed by atoms with E-state index in [1.54, 1.807) is 6.07 Å². The number of nitrogens with zero attached hydrogens (tertiary/aromatic N) is 4. The van der Waals surface area contributed by atoms with E-state index in [4.69, 9.17) is 0 Å². The Hall–Kier alpha value is -2.24. The van der Waals surface area contributed by atoms with Crippen LogP contribution < -0.4 is 0 Å². The maximum Gasteiger partial charge on any atom is 0.139 e. The molecule has 1 unspecified atom stereocenters. The van der Waals surface area contributed by atoms with Crippen LogP contribution in [0.1, 0.15) is 35.1 Å². The van der Waals surface area contributed by atoms with Crippen molar-refractivity contribution in [3.63, 3.8) is 0 Å². The van der Waals surface area contributed by atoms with Crippen LogP contribution in [0.4, 0.5) is 4.39 Å². The number of pyridine rings is 1. The molecule has 1 aromatic carbocycles. The summed E-state index contributed by atoms with van der Waals surface area (Å²) in [5, 5.41) is 1.24. The molecular weight excluding hydrogens is 351 g/mol. The molecule has 3 aromatic rings. The Labute approximate surface area is 165 Å². The molecule has 3 atom stereocenters. The highest BCUT2D eigenvalue weighted by atomic mass is 19.1. The van der Waals surface area contributed by atoms with E-state index in [-0.39, 0.29) is 11.9 Å². The molecule has 1 saturated heterocycles. The van der Waals surface area contributed by atoms with Crippen LogP contribution in [0.5, 0.6) is 0 Å². The number of hydrogen-bond donors (Lipinski definition) is 0. The van der Waals surface area contributed by atoms with Gasteiger partial charge >= 0.3 is 0 Å². The summed E-state index contributed by atoms with van der Waals surface area (Å²) in [4.78, 5) is 9.41. The van der Waals surface area contributed by atoms with E-state index < -0.39 is 0 Å². The molecule has 146 valence electrons. The summed E-state index contributed by atoms with van der Waals surface area (Å²) in [6.45, 7) is 1.92. The van der Waals surface area contributed by atoms with Gasteiger partial charge in [-0.1, -0.05) is 12.1 Å². The van der Waals surface area contributed by atoms with E-state index in [1.807, 2.05) is 18.3 Å². The molecule has 0 saturated carbocycles. The second-order valence-electron chi connectivity index (χ2n) is 8.53. The summed E-state index contributed by atoms with van der Waals surface area (Å²) in [7, 11) is 6.39. The highest BCUT2D eigenvalue weighted by molar-refractivity contribution is 5.81. The third-order valence-electron chi connectivity index (χ3n) is 6.75. The van der Waals surface area contributed by atoms with Gasteiger partial charge in [0.2, 0.25) is 0 Å². The van der Waals surface area contributed by atoms with E-state index in [2.05, 4.69) is 58.8 Å². The van der Waals surface area contributed by atoms with Crippen LogP contribution in [0.2, 0.25) is 0 Å². The van der Waals surface area contributed by atoms with E-state index >= 15 is 0 Å². The number of aryl methyl sites for hydroxylation is 2. The van der Waals surface area contributed by atoms with Gasteiger partial charge in [0.05, 0.1) is 0 Å². The molecular formula is C23H27FN4. The van der Waals surface area contributed by atoms with Crippen LogP contribution in [0.15, 0.2) is 42.7 Å². The van der Waals surface area contributed by atoms with E-state index in [9.17, 15) is 4.39 Å². The smallest absolute Gasteiger partial charge is 0.139 e. The average Bonchev–Trinajstić information content (AvgIpc) is 3.37. The van der Waals surface area contributed by atoms with Gasteiger partial charge in [0.25, 0.3) is 0 Å². The summed E-state index contributed by atoms with van der Waals surface area (Å²) in [5.41, 5.74) is 4.51. The standard InChI is InChI=1S/C23H27FN4/c1-26(2)21-14-28(20-10-9-15-6-4-8-19(24)22(15)20)13-18(21)17-12-27(3)23-16(17)7-5-11-25-23/h4-8,11-12,18,20-21H,9-10,13-14H2,1-3H3/t18-,20?,21+/m1/s1. The van der Waals surface area contributed by atoms with Crippen LogP contribution in [-0.2, 0) is 13.5 Å². The molecule has 5 heteroatoms. The van der Waals surface area contributed by atoms with E-state index in [0.29, 0.717) is 12.0 Å². The largest absolute Gasteiger partial charge is 0.335 e. The molecule has 0 spiro atoms. The molecule has 28 heavy (non-hydrogen) atoms. The van der Waals surface area contributed by atoms with Gasteiger partial charge in [-0.2, -0.15) is 0 Å². The van der Waals surface area contributed by atoms with Gasteiger partial charge in [-0.3, -0.25) is 4.90 Å². The lowest BCUT2D eigenvalue weighted by atomic mass is 9.94. The zero-order chi connectivity index (χ0) is 19.4. The van der Waals surface area contributed by atoms with Crippen LogP contribution in [0, 0.1) is 5.82 Å². The number of fused-ring (bicyclic) bond motifs is 2.